The summed E-state index contributed by atoms with van der Waals surface area (Å²) in [5.41, 5.74) is 3.25. The number of benzene rings is 1. The van der Waals surface area contributed by atoms with Crippen LogP contribution < -0.4 is 0 Å². The molecule has 2 saturated carbocycles. The standard InChI is InChI=1S/C20H28O/c1-16-7-9-19(10-8-16)20(18-5-3-2-4-6-18)13-11-17(15-21)12-14-20/h7-10,15,17-18H,2-6,11-14H2,1H3. The molecule has 2 aliphatic rings. The summed E-state index contributed by atoms with van der Waals surface area (Å²) in [6.45, 7) is 2.17. The zero-order valence-electron chi connectivity index (χ0n) is 13.3. The Morgan fingerprint density at radius 1 is 0.952 bits per heavy atom. The first-order valence-corrected chi connectivity index (χ1v) is 8.77. The highest BCUT2D eigenvalue weighted by Crippen LogP contribution is 2.50. The zero-order valence-corrected chi connectivity index (χ0v) is 13.3. The molecular formula is C20H28O. The Hall–Kier alpha value is -1.11. The first-order chi connectivity index (χ1) is 10.2. The van der Waals surface area contributed by atoms with E-state index in [2.05, 4.69) is 31.2 Å². The first kappa shape index (κ1) is 14.8. The number of rotatable bonds is 3. The Morgan fingerprint density at radius 3 is 2.14 bits per heavy atom. The van der Waals surface area contributed by atoms with Crippen LogP contribution in [-0.2, 0) is 10.2 Å². The predicted molar refractivity (Wildman–Crippen MR) is 87.5 cm³/mol. The normalized spacial score (nSPS) is 31.0. The Bertz CT molecular complexity index is 459. The van der Waals surface area contributed by atoms with Gasteiger partial charge in [-0.3, -0.25) is 0 Å². The van der Waals surface area contributed by atoms with Crippen LogP contribution in [0.4, 0.5) is 0 Å². The van der Waals surface area contributed by atoms with Crippen LogP contribution in [0.5, 0.6) is 0 Å². The van der Waals surface area contributed by atoms with Gasteiger partial charge in [0.05, 0.1) is 0 Å². The van der Waals surface area contributed by atoms with Gasteiger partial charge in [0.2, 0.25) is 0 Å². The monoisotopic (exact) mass is 284 g/mol. The fourth-order valence-electron chi connectivity index (χ4n) is 4.76. The molecule has 0 saturated heterocycles. The molecule has 0 atom stereocenters. The Balaban J connectivity index is 1.90. The summed E-state index contributed by atoms with van der Waals surface area (Å²) >= 11 is 0. The maximum Gasteiger partial charge on any atom is 0.123 e. The van der Waals surface area contributed by atoms with E-state index in [9.17, 15) is 4.79 Å². The fourth-order valence-corrected chi connectivity index (χ4v) is 4.76. The van der Waals surface area contributed by atoms with Crippen LogP contribution in [0.2, 0.25) is 0 Å². The molecule has 0 amide bonds. The minimum atomic E-state index is 0.312. The molecule has 2 fully saturated rings. The molecule has 1 aromatic rings. The molecule has 0 N–H and O–H groups in total. The number of hydrogen-bond acceptors (Lipinski definition) is 1. The van der Waals surface area contributed by atoms with E-state index in [1.54, 1.807) is 5.56 Å². The Labute approximate surface area is 129 Å². The summed E-state index contributed by atoms with van der Waals surface area (Å²) in [5, 5.41) is 0. The highest BCUT2D eigenvalue weighted by atomic mass is 16.1. The van der Waals surface area contributed by atoms with E-state index in [-0.39, 0.29) is 0 Å². The molecule has 1 aromatic carbocycles. The summed E-state index contributed by atoms with van der Waals surface area (Å²) in [6, 6.07) is 9.27. The van der Waals surface area contributed by atoms with Gasteiger partial charge < -0.3 is 4.79 Å². The predicted octanol–water partition coefficient (Wildman–Crippen LogP) is 5.20. The largest absolute Gasteiger partial charge is 0.303 e. The molecule has 2 aliphatic carbocycles. The lowest BCUT2D eigenvalue weighted by Crippen LogP contribution is -2.40. The molecular weight excluding hydrogens is 256 g/mol. The van der Waals surface area contributed by atoms with E-state index in [1.165, 1.54) is 56.8 Å². The summed E-state index contributed by atoms with van der Waals surface area (Å²) < 4.78 is 0. The molecule has 1 nitrogen and oxygen atoms in total. The van der Waals surface area contributed by atoms with Crippen molar-refractivity contribution in [3.8, 4) is 0 Å². The molecule has 0 bridgehead atoms. The summed E-state index contributed by atoms with van der Waals surface area (Å²) in [7, 11) is 0. The van der Waals surface area contributed by atoms with Crippen LogP contribution in [0.3, 0.4) is 0 Å². The second-order valence-corrected chi connectivity index (χ2v) is 7.33. The van der Waals surface area contributed by atoms with Gasteiger partial charge in [-0.1, -0.05) is 49.1 Å². The van der Waals surface area contributed by atoms with Gasteiger partial charge in [0.1, 0.15) is 6.29 Å². The van der Waals surface area contributed by atoms with Crippen molar-refractivity contribution in [1.82, 2.24) is 0 Å². The average Bonchev–Trinajstić information content (AvgIpc) is 2.56. The minimum absolute atomic E-state index is 0.312. The van der Waals surface area contributed by atoms with Crippen LogP contribution in [0.25, 0.3) is 0 Å². The minimum Gasteiger partial charge on any atom is -0.303 e. The van der Waals surface area contributed by atoms with Crippen molar-refractivity contribution in [3.05, 3.63) is 35.4 Å². The topological polar surface area (TPSA) is 17.1 Å². The smallest absolute Gasteiger partial charge is 0.123 e. The summed E-state index contributed by atoms with van der Waals surface area (Å²) in [4.78, 5) is 11.1. The van der Waals surface area contributed by atoms with E-state index >= 15 is 0 Å². The van der Waals surface area contributed by atoms with Gasteiger partial charge in [-0.15, -0.1) is 0 Å². The molecule has 0 unspecified atom stereocenters. The van der Waals surface area contributed by atoms with Crippen molar-refractivity contribution in [3.63, 3.8) is 0 Å². The van der Waals surface area contributed by atoms with Gasteiger partial charge >= 0.3 is 0 Å². The first-order valence-electron chi connectivity index (χ1n) is 8.77. The molecule has 3 rings (SSSR count). The third-order valence-electron chi connectivity index (χ3n) is 6.13. The van der Waals surface area contributed by atoms with E-state index in [0.717, 1.165) is 18.8 Å². The van der Waals surface area contributed by atoms with Crippen LogP contribution >= 0.6 is 0 Å². The molecule has 0 heterocycles. The van der Waals surface area contributed by atoms with Gasteiger partial charge in [0.25, 0.3) is 0 Å². The van der Waals surface area contributed by atoms with Gasteiger partial charge in [0, 0.05) is 5.92 Å². The third kappa shape index (κ3) is 2.93. The Kier molecular flexibility index (Phi) is 4.47. The van der Waals surface area contributed by atoms with E-state index < -0.39 is 0 Å². The molecule has 1 heteroatoms. The van der Waals surface area contributed by atoms with Crippen molar-refractivity contribution >= 4 is 6.29 Å². The SMILES string of the molecule is Cc1ccc(C2(C3CCCCC3)CCC(C=O)CC2)cc1. The van der Waals surface area contributed by atoms with Crippen LogP contribution in [0, 0.1) is 18.8 Å². The van der Waals surface area contributed by atoms with Gasteiger partial charge in [-0.05, 0) is 62.3 Å². The zero-order chi connectivity index (χ0) is 14.7. The number of carbonyl (C=O) groups excluding carboxylic acids is 1. The second kappa shape index (κ2) is 6.34. The van der Waals surface area contributed by atoms with Crippen molar-refractivity contribution < 1.29 is 4.79 Å². The van der Waals surface area contributed by atoms with Crippen molar-refractivity contribution in [2.75, 3.05) is 0 Å². The lowest BCUT2D eigenvalue weighted by molar-refractivity contribution is -0.112. The highest BCUT2D eigenvalue weighted by Gasteiger charge is 2.43. The van der Waals surface area contributed by atoms with Gasteiger partial charge in [-0.2, -0.15) is 0 Å². The highest BCUT2D eigenvalue weighted by molar-refractivity contribution is 5.54. The van der Waals surface area contributed by atoms with E-state index in [4.69, 9.17) is 0 Å². The van der Waals surface area contributed by atoms with Gasteiger partial charge in [-0.25, -0.2) is 0 Å². The Morgan fingerprint density at radius 2 is 1.57 bits per heavy atom. The molecule has 0 aromatic heterocycles. The lowest BCUT2D eigenvalue weighted by Gasteiger charge is -2.47. The summed E-state index contributed by atoms with van der Waals surface area (Å²) in [5.74, 6) is 1.15. The van der Waals surface area contributed by atoms with Crippen LogP contribution in [0.15, 0.2) is 24.3 Å². The second-order valence-electron chi connectivity index (χ2n) is 7.33. The van der Waals surface area contributed by atoms with Crippen LogP contribution in [-0.4, -0.2) is 6.29 Å². The number of carbonyl (C=O) groups is 1. The molecule has 0 aliphatic heterocycles. The molecule has 114 valence electrons. The van der Waals surface area contributed by atoms with Crippen LogP contribution in [0.1, 0.15) is 68.9 Å². The quantitative estimate of drug-likeness (QED) is 0.697. The average molecular weight is 284 g/mol. The maximum atomic E-state index is 11.1. The number of hydrogen-bond donors (Lipinski definition) is 0. The molecule has 21 heavy (non-hydrogen) atoms. The lowest BCUT2D eigenvalue weighted by atomic mass is 9.57. The molecule has 0 radical (unpaired) electrons. The van der Waals surface area contributed by atoms with Crippen molar-refractivity contribution in [2.45, 2.75) is 70.1 Å². The van der Waals surface area contributed by atoms with E-state index in [0.29, 0.717) is 11.3 Å². The third-order valence-corrected chi connectivity index (χ3v) is 6.13. The van der Waals surface area contributed by atoms with Gasteiger partial charge in [0.15, 0.2) is 0 Å². The number of aryl methyl sites for hydroxylation is 1. The summed E-state index contributed by atoms with van der Waals surface area (Å²) in [6.07, 6.45) is 12.8. The molecule has 0 spiro atoms. The fraction of sp³-hybridized carbons (Fsp3) is 0.650. The van der Waals surface area contributed by atoms with Crippen molar-refractivity contribution in [1.29, 1.82) is 0 Å². The van der Waals surface area contributed by atoms with Crippen molar-refractivity contribution in [2.24, 2.45) is 11.8 Å². The van der Waals surface area contributed by atoms with E-state index in [1.807, 2.05) is 0 Å². The number of aldehydes is 1. The maximum absolute atomic E-state index is 11.1.